The van der Waals surface area contributed by atoms with Gasteiger partial charge in [-0.2, -0.15) is 0 Å². The molecule has 4 heterocycles. The van der Waals surface area contributed by atoms with Crippen LogP contribution < -0.4 is 5.56 Å². The molecule has 0 atom stereocenters. The summed E-state index contributed by atoms with van der Waals surface area (Å²) in [7, 11) is 0. The molecule has 0 aromatic carbocycles. The highest BCUT2D eigenvalue weighted by molar-refractivity contribution is 7.17. The molecule has 4 aromatic heterocycles. The van der Waals surface area contributed by atoms with Gasteiger partial charge in [-0.3, -0.25) is 9.69 Å². The van der Waals surface area contributed by atoms with Crippen molar-refractivity contribution < 1.29 is 4.42 Å². The molecule has 0 aliphatic heterocycles. The average Bonchev–Trinajstić information content (AvgIpc) is 3.28. The summed E-state index contributed by atoms with van der Waals surface area (Å²) in [5, 5.41) is 3.96. The topological polar surface area (TPSA) is 62.1 Å². The van der Waals surface area contributed by atoms with Gasteiger partial charge in [0.05, 0.1) is 24.9 Å². The molecule has 0 radical (unpaired) electrons. The minimum atomic E-state index is -0.0703. The Morgan fingerprint density at radius 2 is 2.04 bits per heavy atom. The molecule has 24 heavy (non-hydrogen) atoms. The van der Waals surface area contributed by atoms with Crippen LogP contribution in [0.25, 0.3) is 10.2 Å². The summed E-state index contributed by atoms with van der Waals surface area (Å²) in [5.41, 5.74) is 0.687. The van der Waals surface area contributed by atoms with Gasteiger partial charge in [0.1, 0.15) is 16.3 Å². The van der Waals surface area contributed by atoms with Crippen molar-refractivity contribution in [3.05, 3.63) is 74.2 Å². The van der Waals surface area contributed by atoms with Crippen molar-refractivity contribution in [2.24, 2.45) is 0 Å². The van der Waals surface area contributed by atoms with E-state index in [-0.39, 0.29) is 5.56 Å². The number of H-pyrrole nitrogens is 1. The van der Waals surface area contributed by atoms with E-state index >= 15 is 0 Å². The van der Waals surface area contributed by atoms with E-state index in [0.29, 0.717) is 23.6 Å². The molecule has 0 saturated heterocycles. The molecule has 4 aromatic rings. The quantitative estimate of drug-likeness (QED) is 0.569. The molecule has 0 bridgehead atoms. The number of nitrogens with one attached hydrogen (secondary N) is 1. The second-order valence-electron chi connectivity index (χ2n) is 5.45. The first-order valence-electron chi connectivity index (χ1n) is 7.51. The zero-order valence-corrected chi connectivity index (χ0v) is 14.4. The number of furan rings is 1. The van der Waals surface area contributed by atoms with Gasteiger partial charge < -0.3 is 9.40 Å². The van der Waals surface area contributed by atoms with Gasteiger partial charge >= 0.3 is 0 Å². The Balaban J connectivity index is 1.60. The number of nitrogens with zero attached hydrogens (tertiary/aromatic N) is 2. The molecule has 0 aliphatic carbocycles. The first-order valence-corrected chi connectivity index (χ1v) is 9.27. The van der Waals surface area contributed by atoms with E-state index in [4.69, 9.17) is 4.42 Å². The minimum absolute atomic E-state index is 0.0703. The van der Waals surface area contributed by atoms with Crippen molar-refractivity contribution >= 4 is 32.9 Å². The van der Waals surface area contributed by atoms with Gasteiger partial charge in [0, 0.05) is 11.4 Å². The smallest absolute Gasteiger partial charge is 0.268 e. The molecular weight excluding hydrogens is 342 g/mol. The fourth-order valence-corrected chi connectivity index (χ4v) is 4.09. The average molecular weight is 357 g/mol. The number of thiophene rings is 2. The maximum absolute atomic E-state index is 12.2. The Hall–Kier alpha value is -2.22. The fourth-order valence-electron chi connectivity index (χ4n) is 2.62. The Morgan fingerprint density at radius 3 is 2.83 bits per heavy atom. The van der Waals surface area contributed by atoms with Gasteiger partial charge in [-0.1, -0.05) is 6.07 Å². The van der Waals surface area contributed by atoms with Crippen LogP contribution >= 0.6 is 22.7 Å². The van der Waals surface area contributed by atoms with Crippen LogP contribution in [0.15, 0.2) is 56.6 Å². The lowest BCUT2D eigenvalue weighted by atomic mass is 10.3. The van der Waals surface area contributed by atoms with Gasteiger partial charge in [0.2, 0.25) is 0 Å². The SMILES string of the molecule is O=c1[nH]c(CN(Cc2ccco2)Cc2cccs2)nc2ccsc12. The van der Waals surface area contributed by atoms with Crippen LogP contribution in [0.1, 0.15) is 16.5 Å². The summed E-state index contributed by atoms with van der Waals surface area (Å²) in [6, 6.07) is 9.88. The summed E-state index contributed by atoms with van der Waals surface area (Å²) in [4.78, 5) is 23.1. The normalized spacial score (nSPS) is 11.5. The zero-order chi connectivity index (χ0) is 16.4. The standard InChI is InChI=1S/C17H15N3O2S2/c21-17-16-14(5-8-24-16)18-15(19-17)11-20(9-12-3-1-6-22-12)10-13-4-2-7-23-13/h1-8H,9-11H2,(H,18,19,21). The zero-order valence-electron chi connectivity index (χ0n) is 12.8. The third-order valence-corrected chi connectivity index (χ3v) is 5.42. The number of hydrogen-bond acceptors (Lipinski definition) is 6. The van der Waals surface area contributed by atoms with Crippen molar-refractivity contribution in [2.75, 3.05) is 0 Å². The van der Waals surface area contributed by atoms with E-state index in [9.17, 15) is 4.79 Å². The lowest BCUT2D eigenvalue weighted by Crippen LogP contribution is -2.24. The van der Waals surface area contributed by atoms with Crippen LogP contribution in [0.2, 0.25) is 0 Å². The van der Waals surface area contributed by atoms with Crippen molar-refractivity contribution in [1.82, 2.24) is 14.9 Å². The maximum Gasteiger partial charge on any atom is 0.268 e. The van der Waals surface area contributed by atoms with Gasteiger partial charge in [-0.25, -0.2) is 4.98 Å². The van der Waals surface area contributed by atoms with Crippen molar-refractivity contribution in [3.63, 3.8) is 0 Å². The van der Waals surface area contributed by atoms with E-state index < -0.39 is 0 Å². The van der Waals surface area contributed by atoms with Crippen LogP contribution in [-0.2, 0) is 19.6 Å². The fraction of sp³-hybridized carbons (Fsp3) is 0.176. The predicted octanol–water partition coefficient (Wildman–Crippen LogP) is 3.84. The van der Waals surface area contributed by atoms with Crippen molar-refractivity contribution in [3.8, 4) is 0 Å². The van der Waals surface area contributed by atoms with Crippen LogP contribution in [0.3, 0.4) is 0 Å². The summed E-state index contributed by atoms with van der Waals surface area (Å²) in [5.74, 6) is 1.57. The molecule has 0 saturated carbocycles. The van der Waals surface area contributed by atoms with Crippen LogP contribution in [-0.4, -0.2) is 14.9 Å². The molecule has 7 heteroatoms. The lowest BCUT2D eigenvalue weighted by Gasteiger charge is -2.19. The van der Waals surface area contributed by atoms with E-state index in [2.05, 4.69) is 26.3 Å². The highest BCUT2D eigenvalue weighted by Gasteiger charge is 2.13. The number of rotatable bonds is 6. The molecule has 4 rings (SSSR count). The van der Waals surface area contributed by atoms with Gasteiger partial charge in [-0.05, 0) is 35.0 Å². The molecule has 0 fully saturated rings. The molecule has 0 unspecified atom stereocenters. The second-order valence-corrected chi connectivity index (χ2v) is 7.40. The van der Waals surface area contributed by atoms with Gasteiger partial charge in [0.15, 0.2) is 0 Å². The number of hydrogen-bond donors (Lipinski definition) is 1. The molecule has 5 nitrogen and oxygen atoms in total. The highest BCUT2D eigenvalue weighted by Crippen LogP contribution is 2.18. The monoisotopic (exact) mass is 357 g/mol. The molecular formula is C17H15N3O2S2. The van der Waals surface area contributed by atoms with E-state index in [0.717, 1.165) is 17.8 Å². The molecule has 122 valence electrons. The number of aromatic amines is 1. The molecule has 1 N–H and O–H groups in total. The first-order chi connectivity index (χ1) is 11.8. The lowest BCUT2D eigenvalue weighted by molar-refractivity contribution is 0.223. The number of aromatic nitrogens is 2. The summed E-state index contributed by atoms with van der Waals surface area (Å²) >= 11 is 3.13. The Bertz CT molecular complexity index is 935. The summed E-state index contributed by atoms with van der Waals surface area (Å²) < 4.78 is 6.15. The van der Waals surface area contributed by atoms with Crippen LogP contribution in [0.5, 0.6) is 0 Å². The maximum atomic E-state index is 12.2. The predicted molar refractivity (Wildman–Crippen MR) is 96.2 cm³/mol. The minimum Gasteiger partial charge on any atom is -0.468 e. The van der Waals surface area contributed by atoms with Crippen LogP contribution in [0, 0.1) is 0 Å². The molecule has 0 aliphatic rings. The van der Waals surface area contributed by atoms with E-state index in [1.807, 2.05) is 29.6 Å². The van der Waals surface area contributed by atoms with Crippen molar-refractivity contribution in [1.29, 1.82) is 0 Å². The highest BCUT2D eigenvalue weighted by atomic mass is 32.1. The summed E-state index contributed by atoms with van der Waals surface area (Å²) in [6.07, 6.45) is 1.68. The van der Waals surface area contributed by atoms with Crippen LogP contribution in [0.4, 0.5) is 0 Å². The Morgan fingerprint density at radius 1 is 1.08 bits per heavy atom. The largest absolute Gasteiger partial charge is 0.468 e. The van der Waals surface area contributed by atoms with Crippen molar-refractivity contribution in [2.45, 2.75) is 19.6 Å². The molecule has 0 amide bonds. The van der Waals surface area contributed by atoms with E-state index in [1.54, 1.807) is 17.6 Å². The second kappa shape index (κ2) is 6.72. The van der Waals surface area contributed by atoms with Gasteiger partial charge in [0.25, 0.3) is 5.56 Å². The first kappa shape index (κ1) is 15.3. The summed E-state index contributed by atoms with van der Waals surface area (Å²) in [6.45, 7) is 2.00. The van der Waals surface area contributed by atoms with E-state index in [1.165, 1.54) is 16.2 Å². The molecule has 0 spiro atoms. The number of fused-ring (bicyclic) bond motifs is 1. The van der Waals surface area contributed by atoms with Gasteiger partial charge in [-0.15, -0.1) is 22.7 Å². The Kier molecular flexibility index (Phi) is 4.29. The third kappa shape index (κ3) is 3.33. The Labute approximate surface area is 146 Å². The third-order valence-electron chi connectivity index (χ3n) is 3.66.